The molecule has 1 amide bonds. The second kappa shape index (κ2) is 5.01. The summed E-state index contributed by atoms with van der Waals surface area (Å²) in [6, 6.07) is 7.51. The van der Waals surface area contributed by atoms with Gasteiger partial charge in [-0.3, -0.25) is 4.79 Å². The van der Waals surface area contributed by atoms with E-state index in [0.717, 1.165) is 25.9 Å². The lowest BCUT2D eigenvalue weighted by Gasteiger charge is -2.24. The topological polar surface area (TPSA) is 29.5 Å². The number of amides is 1. The number of carbonyl (C=O) groups excluding carboxylic acids is 1. The number of benzene rings is 1. The van der Waals surface area contributed by atoms with Crippen molar-refractivity contribution in [3.63, 3.8) is 0 Å². The van der Waals surface area contributed by atoms with Crippen molar-refractivity contribution >= 4 is 5.91 Å². The van der Waals surface area contributed by atoms with E-state index in [1.165, 1.54) is 0 Å². The van der Waals surface area contributed by atoms with E-state index < -0.39 is 0 Å². The number of rotatable bonds is 2. The Morgan fingerprint density at radius 1 is 1.17 bits per heavy atom. The quantitative estimate of drug-likeness (QED) is 0.803. The summed E-state index contributed by atoms with van der Waals surface area (Å²) in [5.74, 6) is 0.772. The molecule has 0 atom stereocenters. The average molecular weight is 247 g/mol. The Kier molecular flexibility index (Phi) is 3.60. The van der Waals surface area contributed by atoms with Gasteiger partial charge in [-0.2, -0.15) is 0 Å². The predicted octanol–water partition coefficient (Wildman–Crippen LogP) is 3.10. The van der Waals surface area contributed by atoms with Crippen molar-refractivity contribution in [3.05, 3.63) is 29.8 Å². The van der Waals surface area contributed by atoms with Crippen molar-refractivity contribution in [1.82, 2.24) is 4.90 Å². The van der Waals surface area contributed by atoms with Gasteiger partial charge in [-0.25, -0.2) is 0 Å². The summed E-state index contributed by atoms with van der Waals surface area (Å²) in [4.78, 5) is 14.3. The van der Waals surface area contributed by atoms with Crippen LogP contribution in [0.2, 0.25) is 0 Å². The largest absolute Gasteiger partial charge is 0.487 e. The lowest BCUT2D eigenvalue weighted by molar-refractivity contribution is 0.0775. The highest BCUT2D eigenvalue weighted by molar-refractivity contribution is 5.97. The van der Waals surface area contributed by atoms with E-state index in [9.17, 15) is 4.79 Å². The van der Waals surface area contributed by atoms with Gasteiger partial charge in [0.1, 0.15) is 11.4 Å². The summed E-state index contributed by atoms with van der Waals surface area (Å²) >= 11 is 0. The summed E-state index contributed by atoms with van der Waals surface area (Å²) in [7, 11) is 0. The number of carbonyl (C=O) groups is 1. The van der Waals surface area contributed by atoms with Gasteiger partial charge in [0, 0.05) is 13.1 Å². The smallest absolute Gasteiger partial charge is 0.257 e. The third-order valence-corrected chi connectivity index (χ3v) is 2.93. The molecule has 0 bridgehead atoms. The Labute approximate surface area is 109 Å². The van der Waals surface area contributed by atoms with E-state index in [-0.39, 0.29) is 11.5 Å². The van der Waals surface area contributed by atoms with E-state index in [0.29, 0.717) is 11.3 Å². The molecule has 1 aromatic rings. The Morgan fingerprint density at radius 3 is 2.39 bits per heavy atom. The van der Waals surface area contributed by atoms with E-state index >= 15 is 0 Å². The second-order valence-corrected chi connectivity index (χ2v) is 5.71. The van der Waals surface area contributed by atoms with E-state index in [2.05, 4.69) is 0 Å². The van der Waals surface area contributed by atoms with Crippen LogP contribution in [0.5, 0.6) is 5.75 Å². The highest BCUT2D eigenvalue weighted by atomic mass is 16.5. The minimum atomic E-state index is -0.290. The van der Waals surface area contributed by atoms with E-state index in [4.69, 9.17) is 4.74 Å². The van der Waals surface area contributed by atoms with Gasteiger partial charge in [0.05, 0.1) is 5.56 Å². The number of hydrogen-bond donors (Lipinski definition) is 0. The van der Waals surface area contributed by atoms with Crippen LogP contribution in [-0.4, -0.2) is 29.5 Å². The Balaban J connectivity index is 2.23. The Morgan fingerprint density at radius 2 is 1.78 bits per heavy atom. The third kappa shape index (κ3) is 3.03. The molecule has 0 unspecified atom stereocenters. The molecule has 0 radical (unpaired) electrons. The van der Waals surface area contributed by atoms with Crippen molar-refractivity contribution in [2.75, 3.05) is 13.1 Å². The highest BCUT2D eigenvalue weighted by Gasteiger charge is 2.23. The van der Waals surface area contributed by atoms with Crippen LogP contribution in [0.3, 0.4) is 0 Å². The molecule has 18 heavy (non-hydrogen) atoms. The first kappa shape index (κ1) is 12.9. The van der Waals surface area contributed by atoms with Gasteiger partial charge in [-0.05, 0) is 45.7 Å². The van der Waals surface area contributed by atoms with Gasteiger partial charge >= 0.3 is 0 Å². The van der Waals surface area contributed by atoms with Gasteiger partial charge in [0.15, 0.2) is 0 Å². The van der Waals surface area contributed by atoms with Crippen molar-refractivity contribution < 1.29 is 9.53 Å². The third-order valence-electron chi connectivity index (χ3n) is 2.93. The number of nitrogens with zero attached hydrogens (tertiary/aromatic N) is 1. The summed E-state index contributed by atoms with van der Waals surface area (Å²) in [6.45, 7) is 7.70. The highest BCUT2D eigenvalue weighted by Crippen LogP contribution is 2.25. The van der Waals surface area contributed by atoms with Crippen molar-refractivity contribution in [2.45, 2.75) is 39.2 Å². The van der Waals surface area contributed by atoms with Crippen LogP contribution in [0.15, 0.2) is 24.3 Å². The van der Waals surface area contributed by atoms with Crippen LogP contribution in [0.1, 0.15) is 44.0 Å². The first-order valence-electron chi connectivity index (χ1n) is 6.55. The zero-order valence-corrected chi connectivity index (χ0v) is 11.4. The number of ether oxygens (including phenoxy) is 1. The van der Waals surface area contributed by atoms with Crippen molar-refractivity contribution in [3.8, 4) is 5.75 Å². The lowest BCUT2D eigenvalue weighted by Crippen LogP contribution is -2.30. The normalized spacial score (nSPS) is 15.8. The summed E-state index contributed by atoms with van der Waals surface area (Å²) in [5, 5.41) is 0. The van der Waals surface area contributed by atoms with Crippen LogP contribution < -0.4 is 4.74 Å². The molecule has 3 heteroatoms. The van der Waals surface area contributed by atoms with Gasteiger partial charge in [-0.1, -0.05) is 12.1 Å². The van der Waals surface area contributed by atoms with Gasteiger partial charge in [-0.15, -0.1) is 0 Å². The zero-order valence-electron chi connectivity index (χ0n) is 11.4. The minimum Gasteiger partial charge on any atom is -0.487 e. The maximum atomic E-state index is 12.4. The molecular formula is C15H21NO2. The molecule has 1 aromatic carbocycles. The number of hydrogen-bond acceptors (Lipinski definition) is 2. The van der Waals surface area contributed by atoms with Crippen LogP contribution >= 0.6 is 0 Å². The molecule has 1 heterocycles. The number of likely N-dealkylation sites (tertiary alicyclic amines) is 1. The minimum absolute atomic E-state index is 0.0901. The van der Waals surface area contributed by atoms with Gasteiger partial charge < -0.3 is 9.64 Å². The van der Waals surface area contributed by atoms with E-state index in [1.54, 1.807) is 0 Å². The summed E-state index contributed by atoms with van der Waals surface area (Å²) in [6.07, 6.45) is 2.21. The molecule has 1 aliphatic heterocycles. The van der Waals surface area contributed by atoms with Crippen LogP contribution in [0.4, 0.5) is 0 Å². The molecular weight excluding hydrogens is 226 g/mol. The molecule has 0 spiro atoms. The first-order chi connectivity index (χ1) is 8.47. The molecule has 1 aliphatic rings. The standard InChI is InChI=1S/C15H21NO2/c1-15(2,3)18-13-9-5-4-8-12(13)14(17)16-10-6-7-11-16/h4-5,8-9H,6-7,10-11H2,1-3H3. The fourth-order valence-electron chi connectivity index (χ4n) is 2.15. The SMILES string of the molecule is CC(C)(C)Oc1ccccc1C(=O)N1CCCC1. The summed E-state index contributed by atoms with van der Waals surface area (Å²) in [5.41, 5.74) is 0.385. The first-order valence-corrected chi connectivity index (χ1v) is 6.55. The maximum Gasteiger partial charge on any atom is 0.257 e. The predicted molar refractivity (Wildman–Crippen MR) is 72.0 cm³/mol. The van der Waals surface area contributed by atoms with E-state index in [1.807, 2.05) is 49.9 Å². The molecule has 1 saturated heterocycles. The molecule has 98 valence electrons. The fraction of sp³-hybridized carbons (Fsp3) is 0.533. The van der Waals surface area contributed by atoms with Crippen LogP contribution in [0, 0.1) is 0 Å². The van der Waals surface area contributed by atoms with Gasteiger partial charge in [0.2, 0.25) is 0 Å². The fourth-order valence-corrected chi connectivity index (χ4v) is 2.15. The summed E-state index contributed by atoms with van der Waals surface area (Å²) < 4.78 is 5.87. The van der Waals surface area contributed by atoms with Gasteiger partial charge in [0.25, 0.3) is 5.91 Å². The molecule has 0 aromatic heterocycles. The average Bonchev–Trinajstić information content (AvgIpc) is 2.80. The van der Waals surface area contributed by atoms with Crippen LogP contribution in [-0.2, 0) is 0 Å². The molecule has 0 aliphatic carbocycles. The van der Waals surface area contributed by atoms with Crippen molar-refractivity contribution in [2.24, 2.45) is 0 Å². The molecule has 0 saturated carbocycles. The van der Waals surface area contributed by atoms with Crippen LogP contribution in [0.25, 0.3) is 0 Å². The molecule has 1 fully saturated rings. The molecule has 0 N–H and O–H groups in total. The molecule has 3 nitrogen and oxygen atoms in total. The number of para-hydroxylation sites is 1. The zero-order chi connectivity index (χ0) is 13.2. The monoisotopic (exact) mass is 247 g/mol. The second-order valence-electron chi connectivity index (χ2n) is 5.71. The Bertz CT molecular complexity index is 428. The van der Waals surface area contributed by atoms with Crippen molar-refractivity contribution in [1.29, 1.82) is 0 Å². The molecule has 2 rings (SSSR count). The Hall–Kier alpha value is -1.51. The lowest BCUT2D eigenvalue weighted by atomic mass is 10.1. The maximum absolute atomic E-state index is 12.4.